The predicted molar refractivity (Wildman–Crippen MR) is 122 cm³/mol. The normalized spacial score (nSPS) is 49.6. The van der Waals surface area contributed by atoms with Gasteiger partial charge < -0.3 is 14.9 Å². The molecule has 0 bridgehead atoms. The van der Waals surface area contributed by atoms with Crippen molar-refractivity contribution in [2.45, 2.75) is 68.4 Å². The summed E-state index contributed by atoms with van der Waals surface area (Å²) in [5.74, 6) is -1.89. The van der Waals surface area contributed by atoms with Gasteiger partial charge in [-0.3, -0.25) is 14.4 Å². The van der Waals surface area contributed by atoms with Crippen molar-refractivity contribution in [1.82, 2.24) is 0 Å². The van der Waals surface area contributed by atoms with Crippen LogP contribution in [0.25, 0.3) is 0 Å². The van der Waals surface area contributed by atoms with Crippen molar-refractivity contribution in [2.75, 3.05) is 6.61 Å². The number of alkyl halides is 2. The van der Waals surface area contributed by atoms with Crippen LogP contribution in [-0.4, -0.2) is 55.8 Å². The third kappa shape index (κ3) is 2.87. The lowest BCUT2D eigenvalue weighted by atomic mass is 9.46. The number of ketones is 2. The van der Waals surface area contributed by atoms with Crippen molar-refractivity contribution >= 4 is 45.1 Å². The van der Waals surface area contributed by atoms with E-state index in [1.807, 2.05) is 26.8 Å². The number of rotatable bonds is 3. The number of carbonyl (C=O) groups is 3. The molecule has 0 spiro atoms. The summed E-state index contributed by atoms with van der Waals surface area (Å²) in [5.41, 5.74) is -2.56. The first-order valence-electron chi connectivity index (χ1n) is 11.1. The smallest absolute Gasteiger partial charge is 0.303 e. The van der Waals surface area contributed by atoms with Crippen LogP contribution < -0.4 is 0 Å². The fourth-order valence-electron chi connectivity index (χ4n) is 7.41. The van der Waals surface area contributed by atoms with Crippen LogP contribution in [0.1, 0.15) is 47.0 Å². The quantitative estimate of drug-likeness (QED) is 0.430. The van der Waals surface area contributed by atoms with Crippen LogP contribution in [0, 0.1) is 28.6 Å². The highest BCUT2D eigenvalue weighted by Gasteiger charge is 2.75. The Balaban J connectivity index is 1.79. The van der Waals surface area contributed by atoms with Gasteiger partial charge >= 0.3 is 5.97 Å². The van der Waals surface area contributed by atoms with Gasteiger partial charge in [0.05, 0.1) is 15.8 Å². The van der Waals surface area contributed by atoms with Gasteiger partial charge in [0.1, 0.15) is 5.60 Å². The van der Waals surface area contributed by atoms with Gasteiger partial charge in [0, 0.05) is 17.8 Å². The molecule has 8 heteroatoms. The second-order valence-electron chi connectivity index (χ2n) is 10.5. The third-order valence-corrected chi connectivity index (χ3v) is 11.4. The molecular weight excluding hydrogens is 500 g/mol. The molecule has 9 atom stereocenters. The number of hydrogen-bond acceptors (Lipinski definition) is 6. The lowest BCUT2D eigenvalue weighted by molar-refractivity contribution is -0.181. The van der Waals surface area contributed by atoms with Gasteiger partial charge in [-0.15, -0.1) is 11.6 Å². The summed E-state index contributed by atoms with van der Waals surface area (Å²) in [6.45, 7) is 6.41. The SMILES string of the molecule is CC(=O)OCC(=O)[C@@]1(O)C(C)C[C@H]2[C@@H]3CC(Cl)C4=CC(=O)C=C[C@]4(C)[C@@]3(Br)C(O)C[C@@]21C. The number of aliphatic hydroxyl groups excluding tert-OH is 1. The zero-order valence-corrected chi connectivity index (χ0v) is 21.1. The van der Waals surface area contributed by atoms with Crippen molar-refractivity contribution < 1.29 is 29.3 Å². The summed E-state index contributed by atoms with van der Waals surface area (Å²) in [7, 11) is 0. The fourth-order valence-corrected chi connectivity index (χ4v) is 8.92. The monoisotopic (exact) mass is 528 g/mol. The second-order valence-corrected chi connectivity index (χ2v) is 12.3. The Kier molecular flexibility index (Phi) is 5.64. The van der Waals surface area contributed by atoms with Gasteiger partial charge in [0.2, 0.25) is 5.78 Å². The van der Waals surface area contributed by atoms with Gasteiger partial charge in [0.25, 0.3) is 0 Å². The number of ether oxygens (including phenoxy) is 1. The average Bonchev–Trinajstić information content (AvgIpc) is 2.91. The Morgan fingerprint density at radius 1 is 1.28 bits per heavy atom. The minimum absolute atomic E-state index is 0.114. The van der Waals surface area contributed by atoms with E-state index >= 15 is 0 Å². The molecule has 4 rings (SSSR count). The van der Waals surface area contributed by atoms with Crippen molar-refractivity contribution in [3.05, 3.63) is 23.8 Å². The van der Waals surface area contributed by atoms with Crippen LogP contribution in [0.4, 0.5) is 0 Å². The van der Waals surface area contributed by atoms with Gasteiger partial charge in [-0.05, 0) is 54.7 Å². The summed E-state index contributed by atoms with van der Waals surface area (Å²) in [5, 5.41) is 23.0. The Labute approximate surface area is 201 Å². The first kappa shape index (κ1) is 24.1. The van der Waals surface area contributed by atoms with Crippen LogP contribution >= 0.6 is 27.5 Å². The highest BCUT2D eigenvalue weighted by atomic mass is 79.9. The summed E-state index contributed by atoms with van der Waals surface area (Å²) in [4.78, 5) is 36.5. The first-order valence-corrected chi connectivity index (χ1v) is 12.3. The number of hydrogen-bond donors (Lipinski definition) is 2. The van der Waals surface area contributed by atoms with E-state index in [0.29, 0.717) is 12.8 Å². The molecular formula is C24H30BrClO6. The number of halogens is 2. The molecule has 0 aliphatic heterocycles. The number of carbonyl (C=O) groups excluding carboxylic acids is 3. The van der Waals surface area contributed by atoms with Crippen LogP contribution in [-0.2, 0) is 19.1 Å². The van der Waals surface area contributed by atoms with E-state index in [2.05, 4.69) is 15.9 Å². The minimum Gasteiger partial charge on any atom is -0.458 e. The summed E-state index contributed by atoms with van der Waals surface area (Å²) < 4.78 is 4.13. The Morgan fingerprint density at radius 3 is 2.56 bits per heavy atom. The number of esters is 1. The molecule has 0 aromatic carbocycles. The van der Waals surface area contributed by atoms with E-state index in [9.17, 15) is 24.6 Å². The standard InChI is InChI=1S/C24H30BrClO6/c1-12-7-15-16-9-18(26)17-8-14(28)5-6-21(17,3)23(16,25)19(29)10-22(15,4)24(12,31)20(30)11-32-13(2)27/h5-6,8,12,15-16,18-19,29,31H,7,9-11H2,1-4H3/t12?,15-,16-,18?,19?,21-,22-,23-,24-/m0/s1. The molecule has 0 saturated heterocycles. The molecule has 0 amide bonds. The van der Waals surface area contributed by atoms with Gasteiger partial charge in [-0.25, -0.2) is 0 Å². The van der Waals surface area contributed by atoms with E-state index in [-0.39, 0.29) is 30.0 Å². The molecule has 0 heterocycles. The van der Waals surface area contributed by atoms with Gasteiger partial charge in [-0.1, -0.05) is 42.8 Å². The summed E-state index contributed by atoms with van der Waals surface area (Å²) in [6, 6.07) is 0. The molecule has 0 aromatic heterocycles. The molecule has 0 aromatic rings. The second kappa shape index (κ2) is 7.49. The Morgan fingerprint density at radius 2 is 1.94 bits per heavy atom. The Hall–Kier alpha value is -1.02. The van der Waals surface area contributed by atoms with E-state index in [1.54, 1.807) is 6.08 Å². The average molecular weight is 530 g/mol. The maximum Gasteiger partial charge on any atom is 0.303 e. The van der Waals surface area contributed by atoms with E-state index in [0.717, 1.165) is 5.57 Å². The largest absolute Gasteiger partial charge is 0.458 e. The van der Waals surface area contributed by atoms with Gasteiger partial charge in [0.15, 0.2) is 12.4 Å². The molecule has 4 aliphatic carbocycles. The van der Waals surface area contributed by atoms with E-state index in [1.165, 1.54) is 13.0 Å². The predicted octanol–water partition coefficient (Wildman–Crippen LogP) is 3.11. The molecule has 3 unspecified atom stereocenters. The Bertz CT molecular complexity index is 947. The molecule has 32 heavy (non-hydrogen) atoms. The van der Waals surface area contributed by atoms with Crippen LogP contribution in [0.15, 0.2) is 23.8 Å². The zero-order valence-electron chi connectivity index (χ0n) is 18.7. The maximum absolute atomic E-state index is 13.2. The van der Waals surface area contributed by atoms with Gasteiger partial charge in [-0.2, -0.15) is 0 Å². The third-order valence-electron chi connectivity index (χ3n) is 9.04. The number of aliphatic hydroxyl groups is 2. The summed E-state index contributed by atoms with van der Waals surface area (Å²) in [6.07, 6.45) is 5.29. The molecule has 0 radical (unpaired) electrons. The lowest BCUT2D eigenvalue weighted by Gasteiger charge is -2.65. The van der Waals surface area contributed by atoms with E-state index < -0.39 is 50.6 Å². The maximum atomic E-state index is 13.2. The lowest BCUT2D eigenvalue weighted by Crippen LogP contribution is -2.69. The molecule has 4 aliphatic rings. The molecule has 3 saturated carbocycles. The van der Waals surface area contributed by atoms with Crippen LogP contribution in [0.3, 0.4) is 0 Å². The minimum atomic E-state index is -1.74. The molecule has 6 nitrogen and oxygen atoms in total. The van der Waals surface area contributed by atoms with Crippen molar-refractivity contribution in [3.8, 4) is 0 Å². The molecule has 176 valence electrons. The fraction of sp³-hybridized carbons (Fsp3) is 0.708. The van der Waals surface area contributed by atoms with Crippen molar-refractivity contribution in [2.24, 2.45) is 28.6 Å². The number of Topliss-reactive ketones (excluding diaryl/α,β-unsaturated/α-hetero) is 1. The van der Waals surface area contributed by atoms with Crippen molar-refractivity contribution in [1.29, 1.82) is 0 Å². The highest BCUT2D eigenvalue weighted by molar-refractivity contribution is 9.10. The van der Waals surface area contributed by atoms with E-state index in [4.69, 9.17) is 16.3 Å². The number of fused-ring (bicyclic) bond motifs is 5. The topological polar surface area (TPSA) is 101 Å². The number of allylic oxidation sites excluding steroid dienone is 4. The summed E-state index contributed by atoms with van der Waals surface area (Å²) >= 11 is 10.8. The zero-order chi connectivity index (χ0) is 23.9. The molecule has 3 fully saturated rings. The highest BCUT2D eigenvalue weighted by Crippen LogP contribution is 2.72. The van der Waals surface area contributed by atoms with Crippen LogP contribution in [0.5, 0.6) is 0 Å². The molecule has 2 N–H and O–H groups in total. The first-order chi connectivity index (χ1) is 14.7. The van der Waals surface area contributed by atoms with Crippen molar-refractivity contribution in [3.63, 3.8) is 0 Å². The van der Waals surface area contributed by atoms with Crippen LogP contribution in [0.2, 0.25) is 0 Å².